The Morgan fingerprint density at radius 1 is 0.878 bits per heavy atom. The van der Waals surface area contributed by atoms with Gasteiger partial charge in [-0.2, -0.15) is 4.98 Å². The Morgan fingerprint density at radius 2 is 1.54 bits per heavy atom. The third-order valence-corrected chi connectivity index (χ3v) is 8.12. The van der Waals surface area contributed by atoms with Crippen molar-refractivity contribution in [3.8, 4) is 22.8 Å². The third-order valence-electron chi connectivity index (χ3n) is 5.93. The van der Waals surface area contributed by atoms with Crippen molar-refractivity contribution < 1.29 is 22.5 Å². The lowest BCUT2D eigenvalue weighted by atomic mass is 10.1. The van der Waals surface area contributed by atoms with Crippen LogP contribution < -0.4 is 4.31 Å². The van der Waals surface area contributed by atoms with Gasteiger partial charge in [0.25, 0.3) is 15.9 Å². The van der Waals surface area contributed by atoms with Gasteiger partial charge < -0.3 is 9.26 Å². The lowest BCUT2D eigenvalue weighted by Gasteiger charge is -2.26. The van der Waals surface area contributed by atoms with Gasteiger partial charge in [-0.1, -0.05) is 64.8 Å². The molecule has 0 unspecified atom stereocenters. The van der Waals surface area contributed by atoms with Gasteiger partial charge in [0.15, 0.2) is 0 Å². The van der Waals surface area contributed by atoms with Crippen LogP contribution in [0.3, 0.4) is 0 Å². The number of ether oxygens (including phenoxy) is 1. The van der Waals surface area contributed by atoms with Gasteiger partial charge in [0.1, 0.15) is 12.1 Å². The van der Waals surface area contributed by atoms with Gasteiger partial charge in [-0.15, -0.1) is 0 Å². The van der Waals surface area contributed by atoms with Crippen LogP contribution in [0.15, 0.2) is 94.3 Å². The number of carbonyl (C=O) groups is 1. The summed E-state index contributed by atoms with van der Waals surface area (Å²) < 4.78 is 39.5. The fourth-order valence-corrected chi connectivity index (χ4v) is 6.31. The zero-order chi connectivity index (χ0) is 29.4. The van der Waals surface area contributed by atoms with Gasteiger partial charge in [-0.05, 0) is 80.1 Å². The minimum atomic E-state index is -4.26. The van der Waals surface area contributed by atoms with E-state index in [1.807, 2.05) is 48.5 Å². The van der Waals surface area contributed by atoms with Crippen LogP contribution in [0, 0.1) is 0 Å². The minimum absolute atomic E-state index is 0.149. The number of sulfonamides is 1. The first-order valence-corrected chi connectivity index (χ1v) is 14.7. The number of esters is 1. The number of halogens is 2. The summed E-state index contributed by atoms with van der Waals surface area (Å²) in [7, 11) is -4.26. The summed E-state index contributed by atoms with van der Waals surface area (Å²) in [5.74, 6) is 0.109. The fourth-order valence-electron chi connectivity index (χ4n) is 4.18. The number of benzene rings is 4. The van der Waals surface area contributed by atoms with Gasteiger partial charge in [-0.25, -0.2) is 8.42 Å². The molecule has 0 radical (unpaired) electrons. The van der Waals surface area contributed by atoms with Gasteiger partial charge in [0.2, 0.25) is 5.82 Å². The highest BCUT2D eigenvalue weighted by Gasteiger charge is 2.30. The minimum Gasteiger partial charge on any atom is -0.459 e. The van der Waals surface area contributed by atoms with Gasteiger partial charge >= 0.3 is 5.97 Å². The molecule has 0 aliphatic heterocycles. The van der Waals surface area contributed by atoms with Crippen molar-refractivity contribution >= 4 is 55.7 Å². The molecule has 0 atom stereocenters. The summed E-state index contributed by atoms with van der Waals surface area (Å²) >= 11 is 12.2. The number of rotatable bonds is 7. The molecule has 5 aromatic rings. The van der Waals surface area contributed by atoms with Crippen LogP contribution in [0.1, 0.15) is 20.8 Å². The quantitative estimate of drug-likeness (QED) is 0.177. The second-order valence-electron chi connectivity index (χ2n) is 10.2. The molecule has 0 N–H and O–H groups in total. The van der Waals surface area contributed by atoms with Gasteiger partial charge in [0, 0.05) is 21.2 Å². The van der Waals surface area contributed by atoms with E-state index in [4.69, 9.17) is 32.5 Å². The van der Waals surface area contributed by atoms with Crippen molar-refractivity contribution in [2.24, 2.45) is 0 Å². The van der Waals surface area contributed by atoms with Crippen molar-refractivity contribution in [3.63, 3.8) is 0 Å². The van der Waals surface area contributed by atoms with E-state index >= 15 is 0 Å². The number of hydrogen-bond donors (Lipinski definition) is 0. The highest BCUT2D eigenvalue weighted by Crippen LogP contribution is 2.32. The number of aromatic nitrogens is 2. The molecule has 0 saturated carbocycles. The number of nitrogens with zero attached hydrogens (tertiary/aromatic N) is 3. The Kier molecular flexibility index (Phi) is 7.78. The van der Waals surface area contributed by atoms with Gasteiger partial charge in [-0.3, -0.25) is 9.10 Å². The highest BCUT2D eigenvalue weighted by atomic mass is 35.5. The topological polar surface area (TPSA) is 103 Å². The SMILES string of the molecule is CC(C)(C)OC(=O)CN(c1ccc2cc(-c3noc(-c4ccccc4)n3)ccc2c1)S(=O)(=O)c1cc(Cl)cc(Cl)c1. The molecule has 11 heteroatoms. The van der Waals surface area contributed by atoms with Crippen LogP contribution in [0.5, 0.6) is 0 Å². The molecule has 0 bridgehead atoms. The van der Waals surface area contributed by atoms with E-state index in [9.17, 15) is 13.2 Å². The van der Waals surface area contributed by atoms with E-state index in [-0.39, 0.29) is 20.6 Å². The normalized spacial score (nSPS) is 11.9. The Labute approximate surface area is 247 Å². The van der Waals surface area contributed by atoms with Crippen molar-refractivity contribution in [1.82, 2.24) is 10.1 Å². The first kappa shape index (κ1) is 28.6. The van der Waals surface area contributed by atoms with Crippen molar-refractivity contribution in [3.05, 3.63) is 95.0 Å². The molecule has 0 fully saturated rings. The summed E-state index contributed by atoms with van der Waals surface area (Å²) in [4.78, 5) is 17.2. The lowest BCUT2D eigenvalue weighted by Crippen LogP contribution is -2.39. The maximum Gasteiger partial charge on any atom is 0.327 e. The molecule has 4 aromatic carbocycles. The molecule has 0 amide bonds. The first-order valence-electron chi connectivity index (χ1n) is 12.5. The summed E-state index contributed by atoms with van der Waals surface area (Å²) in [6.07, 6.45) is 0. The van der Waals surface area contributed by atoms with E-state index in [1.165, 1.54) is 18.2 Å². The first-order chi connectivity index (χ1) is 19.4. The van der Waals surface area contributed by atoms with Crippen LogP contribution in [0.2, 0.25) is 10.0 Å². The third kappa shape index (κ3) is 6.53. The summed E-state index contributed by atoms with van der Waals surface area (Å²) in [5, 5.41) is 5.94. The molecule has 0 saturated heterocycles. The second-order valence-corrected chi connectivity index (χ2v) is 13.0. The zero-order valence-corrected chi connectivity index (χ0v) is 24.7. The molecular formula is C30H25Cl2N3O5S. The monoisotopic (exact) mass is 609 g/mol. The average Bonchev–Trinajstić information content (AvgIpc) is 3.41. The van der Waals surface area contributed by atoms with E-state index in [0.29, 0.717) is 11.7 Å². The Hall–Kier alpha value is -3.92. The second kappa shape index (κ2) is 11.2. The lowest BCUT2D eigenvalue weighted by molar-refractivity contribution is -0.152. The van der Waals surface area contributed by atoms with Crippen LogP contribution in [0.25, 0.3) is 33.6 Å². The van der Waals surface area contributed by atoms with E-state index in [2.05, 4.69) is 10.1 Å². The van der Waals surface area contributed by atoms with Crippen LogP contribution in [-0.4, -0.2) is 36.7 Å². The van der Waals surface area contributed by atoms with Crippen molar-refractivity contribution in [2.45, 2.75) is 31.3 Å². The molecule has 0 aliphatic carbocycles. The Balaban J connectivity index is 1.52. The molecule has 5 rings (SSSR count). The van der Waals surface area contributed by atoms with Crippen LogP contribution >= 0.6 is 23.2 Å². The van der Waals surface area contributed by atoms with Crippen molar-refractivity contribution in [1.29, 1.82) is 0 Å². The Morgan fingerprint density at radius 3 is 2.22 bits per heavy atom. The molecule has 41 heavy (non-hydrogen) atoms. The number of anilines is 1. The molecule has 210 valence electrons. The van der Waals surface area contributed by atoms with Crippen molar-refractivity contribution in [2.75, 3.05) is 10.8 Å². The van der Waals surface area contributed by atoms with E-state index < -0.39 is 28.1 Å². The molecule has 8 nitrogen and oxygen atoms in total. The maximum atomic E-state index is 13.8. The molecule has 1 aromatic heterocycles. The maximum absolute atomic E-state index is 13.8. The largest absolute Gasteiger partial charge is 0.459 e. The standard InChI is InChI=1S/C30H25Cl2N3O5S/c1-30(2,3)39-27(36)18-35(41(37,38)26-16-23(31)15-24(32)17-26)25-12-11-20-13-22(10-9-21(20)14-25)28-33-29(40-34-28)19-7-5-4-6-8-19/h4-17H,18H2,1-3H3. The predicted octanol–water partition coefficient (Wildman–Crippen LogP) is 7.40. The molecule has 0 spiro atoms. The van der Waals surface area contributed by atoms with E-state index in [0.717, 1.165) is 26.2 Å². The van der Waals surface area contributed by atoms with Gasteiger partial charge in [0.05, 0.1) is 10.6 Å². The summed E-state index contributed by atoms with van der Waals surface area (Å²) in [5.41, 5.74) is 0.992. The summed E-state index contributed by atoms with van der Waals surface area (Å²) in [6, 6.07) is 24.0. The van der Waals surface area contributed by atoms with Crippen LogP contribution in [-0.2, 0) is 19.6 Å². The zero-order valence-electron chi connectivity index (χ0n) is 22.3. The molecule has 0 aliphatic rings. The predicted molar refractivity (Wildman–Crippen MR) is 160 cm³/mol. The number of fused-ring (bicyclic) bond motifs is 1. The molecular weight excluding hydrogens is 585 g/mol. The number of carbonyl (C=O) groups excluding carboxylic acids is 1. The number of hydrogen-bond acceptors (Lipinski definition) is 7. The summed E-state index contributed by atoms with van der Waals surface area (Å²) in [6.45, 7) is 4.57. The smallest absolute Gasteiger partial charge is 0.327 e. The molecule has 1 heterocycles. The highest BCUT2D eigenvalue weighted by molar-refractivity contribution is 7.92. The Bertz CT molecular complexity index is 1830. The average molecular weight is 611 g/mol. The fraction of sp³-hybridized carbons (Fsp3) is 0.167. The van der Waals surface area contributed by atoms with E-state index in [1.54, 1.807) is 39.0 Å². The van der Waals surface area contributed by atoms with Crippen LogP contribution in [0.4, 0.5) is 5.69 Å².